The highest BCUT2D eigenvalue weighted by Gasteiger charge is 2.42. The van der Waals surface area contributed by atoms with Crippen LogP contribution in [0.2, 0.25) is 0 Å². The lowest BCUT2D eigenvalue weighted by Crippen LogP contribution is -2.63. The summed E-state index contributed by atoms with van der Waals surface area (Å²) in [5.41, 5.74) is 0.446. The lowest BCUT2D eigenvalue weighted by molar-refractivity contribution is -0.133. The molecule has 208 valence electrons. The molecule has 0 aliphatic carbocycles. The van der Waals surface area contributed by atoms with Crippen LogP contribution in [-0.4, -0.2) is 71.8 Å². The van der Waals surface area contributed by atoms with Gasteiger partial charge in [0.2, 0.25) is 5.91 Å². The molecule has 0 radical (unpaired) electrons. The lowest BCUT2D eigenvalue weighted by Gasteiger charge is -2.41. The quantitative estimate of drug-likeness (QED) is 0.496. The molecular weight excluding hydrogens is 520 g/mol. The number of hydrogen-bond acceptors (Lipinski definition) is 6. The SMILES string of the molecule is Cc1ccc(NC(=O)Nc2sc(C(C)(C)C)cc2C(=O)N2CCNC(=O)C2(C)C)cc1N1C(=O)CN(C)C1=O. The number of piperazine rings is 1. The van der Waals surface area contributed by atoms with Crippen molar-refractivity contribution in [3.8, 4) is 0 Å². The standard InChI is InChI=1S/C27H34N6O5S/c1-15-8-9-16(12-18(15)33-20(34)14-31(7)25(33)38)29-24(37)30-21-17(13-19(39-21)26(2,3)4)22(35)32-11-10-28-23(36)27(32,5)6/h8-9,12-13H,10-11,14H2,1-7H3,(H,28,36)(H2,29,30,37). The molecule has 11 nitrogen and oxygen atoms in total. The molecule has 2 aliphatic heterocycles. The summed E-state index contributed by atoms with van der Waals surface area (Å²) >= 11 is 1.30. The fourth-order valence-electron chi connectivity index (χ4n) is 4.46. The van der Waals surface area contributed by atoms with Crippen LogP contribution in [0.15, 0.2) is 24.3 Å². The Balaban J connectivity index is 1.60. The van der Waals surface area contributed by atoms with Crippen LogP contribution in [0.5, 0.6) is 0 Å². The zero-order valence-corrected chi connectivity index (χ0v) is 24.0. The fraction of sp³-hybridized carbons (Fsp3) is 0.444. The first-order valence-corrected chi connectivity index (χ1v) is 13.4. The number of thiophene rings is 1. The number of hydrogen-bond donors (Lipinski definition) is 3. The van der Waals surface area contributed by atoms with Crippen LogP contribution in [0.25, 0.3) is 0 Å². The van der Waals surface area contributed by atoms with Crippen molar-refractivity contribution in [2.24, 2.45) is 0 Å². The maximum absolute atomic E-state index is 13.7. The molecule has 0 unspecified atom stereocenters. The molecule has 3 heterocycles. The molecule has 1 aromatic heterocycles. The van der Waals surface area contributed by atoms with Gasteiger partial charge in [-0.1, -0.05) is 26.8 Å². The number of anilines is 3. The number of amides is 7. The normalized spacial score (nSPS) is 17.4. The Morgan fingerprint density at radius 2 is 1.77 bits per heavy atom. The number of carbonyl (C=O) groups excluding carboxylic acids is 5. The van der Waals surface area contributed by atoms with Crippen molar-refractivity contribution in [3.63, 3.8) is 0 Å². The molecule has 0 bridgehead atoms. The van der Waals surface area contributed by atoms with E-state index in [4.69, 9.17) is 0 Å². The van der Waals surface area contributed by atoms with E-state index in [0.29, 0.717) is 40.6 Å². The summed E-state index contributed by atoms with van der Waals surface area (Å²) in [6.07, 6.45) is 0. The van der Waals surface area contributed by atoms with Crippen LogP contribution in [0.3, 0.4) is 0 Å². The van der Waals surface area contributed by atoms with Gasteiger partial charge >= 0.3 is 12.1 Å². The summed E-state index contributed by atoms with van der Waals surface area (Å²) in [5, 5.41) is 8.70. The molecule has 2 aliphatic rings. The van der Waals surface area contributed by atoms with Gasteiger partial charge in [-0.05, 0) is 49.9 Å². The van der Waals surface area contributed by atoms with E-state index in [-0.39, 0.29) is 29.7 Å². The molecule has 0 spiro atoms. The van der Waals surface area contributed by atoms with Crippen molar-refractivity contribution < 1.29 is 24.0 Å². The fourth-order valence-corrected chi connectivity index (χ4v) is 5.57. The number of urea groups is 2. The maximum Gasteiger partial charge on any atom is 0.331 e. The molecule has 4 rings (SSSR count). The number of nitrogens with zero attached hydrogens (tertiary/aromatic N) is 3. The van der Waals surface area contributed by atoms with Crippen molar-refractivity contribution in [3.05, 3.63) is 40.3 Å². The number of imide groups is 1. The van der Waals surface area contributed by atoms with Gasteiger partial charge in [0, 0.05) is 30.7 Å². The van der Waals surface area contributed by atoms with E-state index in [0.717, 1.165) is 9.78 Å². The highest BCUT2D eigenvalue weighted by Crippen LogP contribution is 2.38. The van der Waals surface area contributed by atoms with Gasteiger partial charge in [0.25, 0.3) is 11.8 Å². The van der Waals surface area contributed by atoms with Crippen LogP contribution < -0.4 is 20.9 Å². The molecule has 7 amide bonds. The van der Waals surface area contributed by atoms with Crippen LogP contribution >= 0.6 is 11.3 Å². The number of aryl methyl sites for hydroxylation is 1. The number of rotatable bonds is 4. The highest BCUT2D eigenvalue weighted by molar-refractivity contribution is 7.16. The van der Waals surface area contributed by atoms with E-state index < -0.39 is 17.6 Å². The van der Waals surface area contributed by atoms with Crippen LogP contribution in [0.1, 0.15) is 55.4 Å². The van der Waals surface area contributed by atoms with E-state index in [1.54, 1.807) is 52.1 Å². The summed E-state index contributed by atoms with van der Waals surface area (Å²) in [6, 6.07) is 5.70. The molecule has 2 fully saturated rings. The summed E-state index contributed by atoms with van der Waals surface area (Å²) < 4.78 is 0. The maximum atomic E-state index is 13.7. The Morgan fingerprint density at radius 1 is 1.08 bits per heavy atom. The molecule has 39 heavy (non-hydrogen) atoms. The molecular formula is C27H34N6O5S. The third kappa shape index (κ3) is 5.33. The first-order valence-electron chi connectivity index (χ1n) is 12.6. The average molecular weight is 555 g/mol. The first-order chi connectivity index (χ1) is 18.1. The average Bonchev–Trinajstić information content (AvgIpc) is 3.36. The van der Waals surface area contributed by atoms with Gasteiger partial charge in [-0.3, -0.25) is 19.7 Å². The molecule has 3 N–H and O–H groups in total. The van der Waals surface area contributed by atoms with Crippen molar-refractivity contribution in [1.82, 2.24) is 15.1 Å². The second-order valence-electron chi connectivity index (χ2n) is 11.3. The smallest absolute Gasteiger partial charge is 0.331 e. The zero-order chi connectivity index (χ0) is 28.9. The van der Waals surface area contributed by atoms with Gasteiger partial charge in [0.05, 0.1) is 11.3 Å². The van der Waals surface area contributed by atoms with E-state index >= 15 is 0 Å². The summed E-state index contributed by atoms with van der Waals surface area (Å²) in [6.45, 7) is 11.9. The summed E-state index contributed by atoms with van der Waals surface area (Å²) in [7, 11) is 1.55. The molecule has 0 atom stereocenters. The van der Waals surface area contributed by atoms with E-state index in [1.807, 2.05) is 20.8 Å². The molecule has 0 saturated carbocycles. The predicted molar refractivity (Wildman–Crippen MR) is 150 cm³/mol. The Bertz CT molecular complexity index is 1380. The van der Waals surface area contributed by atoms with E-state index in [9.17, 15) is 24.0 Å². The van der Waals surface area contributed by atoms with Crippen molar-refractivity contribution in [2.45, 2.75) is 52.5 Å². The number of likely N-dealkylation sites (N-methyl/N-ethyl adjacent to an activating group) is 1. The molecule has 2 aromatic rings. The first kappa shape index (κ1) is 28.1. The molecule has 1 aromatic carbocycles. The number of nitrogens with one attached hydrogen (secondary N) is 3. The van der Waals surface area contributed by atoms with Gasteiger partial charge < -0.3 is 20.4 Å². The summed E-state index contributed by atoms with van der Waals surface area (Å²) in [4.78, 5) is 69.0. The van der Waals surface area contributed by atoms with Gasteiger partial charge in [-0.15, -0.1) is 11.3 Å². The predicted octanol–water partition coefficient (Wildman–Crippen LogP) is 3.75. The third-order valence-electron chi connectivity index (χ3n) is 6.87. The monoisotopic (exact) mass is 554 g/mol. The van der Waals surface area contributed by atoms with Crippen LogP contribution in [-0.2, 0) is 15.0 Å². The Morgan fingerprint density at radius 3 is 2.38 bits per heavy atom. The van der Waals surface area contributed by atoms with Crippen molar-refractivity contribution in [1.29, 1.82) is 0 Å². The van der Waals surface area contributed by atoms with Gasteiger partial charge in [0.1, 0.15) is 17.1 Å². The molecule has 2 saturated heterocycles. The Labute approximate surface area is 231 Å². The second kappa shape index (κ2) is 9.99. The third-order valence-corrected chi connectivity index (χ3v) is 8.35. The van der Waals surface area contributed by atoms with E-state index in [2.05, 4.69) is 16.0 Å². The van der Waals surface area contributed by atoms with Crippen LogP contribution in [0, 0.1) is 6.92 Å². The minimum absolute atomic E-state index is 0.0167. The Kier molecular flexibility index (Phi) is 7.20. The van der Waals surface area contributed by atoms with Crippen molar-refractivity contribution in [2.75, 3.05) is 42.2 Å². The largest absolute Gasteiger partial charge is 0.352 e. The Hall–Kier alpha value is -3.93. The minimum atomic E-state index is -1.05. The van der Waals surface area contributed by atoms with E-state index in [1.165, 1.54) is 21.1 Å². The highest BCUT2D eigenvalue weighted by atomic mass is 32.1. The number of carbonyl (C=O) groups is 5. The van der Waals surface area contributed by atoms with Crippen LogP contribution in [0.4, 0.5) is 26.0 Å². The summed E-state index contributed by atoms with van der Waals surface area (Å²) in [5.74, 6) is -0.931. The van der Waals surface area contributed by atoms with Gasteiger partial charge in [-0.2, -0.15) is 0 Å². The van der Waals surface area contributed by atoms with Gasteiger partial charge in [-0.25, -0.2) is 14.5 Å². The molecule has 12 heteroatoms. The van der Waals surface area contributed by atoms with Gasteiger partial charge in [0.15, 0.2) is 0 Å². The zero-order valence-electron chi connectivity index (χ0n) is 23.2. The minimum Gasteiger partial charge on any atom is -0.352 e. The lowest BCUT2D eigenvalue weighted by atomic mass is 9.93. The van der Waals surface area contributed by atoms with Crippen molar-refractivity contribution >= 4 is 57.5 Å². The second-order valence-corrected chi connectivity index (χ2v) is 12.4. The number of benzene rings is 1. The topological polar surface area (TPSA) is 131 Å².